The molecule has 0 saturated heterocycles. The summed E-state index contributed by atoms with van der Waals surface area (Å²) in [6.07, 6.45) is 4.85. The van der Waals surface area contributed by atoms with Gasteiger partial charge in [-0.2, -0.15) is 0 Å². The first-order valence-corrected chi connectivity index (χ1v) is 11.2. The molecule has 1 amide bonds. The molecule has 0 bridgehead atoms. The summed E-state index contributed by atoms with van der Waals surface area (Å²) < 4.78 is 5.75. The van der Waals surface area contributed by atoms with E-state index in [9.17, 15) is 14.9 Å². The average molecular weight is 531 g/mol. The molecule has 0 aliphatic heterocycles. The Labute approximate surface area is 204 Å². The van der Waals surface area contributed by atoms with Gasteiger partial charge in [-0.3, -0.25) is 14.9 Å². The number of fused-ring (bicyclic) bond motifs is 1. The average Bonchev–Trinajstić information content (AvgIpc) is 3.13. The lowest BCUT2D eigenvalue weighted by molar-refractivity contribution is -0.384. The topological polar surface area (TPSA) is 98.3 Å². The molecule has 1 aliphatic rings. The van der Waals surface area contributed by atoms with Crippen LogP contribution in [0.15, 0.2) is 52.1 Å². The van der Waals surface area contributed by atoms with Gasteiger partial charge in [0.2, 0.25) is 5.89 Å². The molecule has 0 atom stereocenters. The number of non-ortho nitro benzene ring substituents is 1. The summed E-state index contributed by atoms with van der Waals surface area (Å²) in [5.41, 5.74) is 1.46. The van der Waals surface area contributed by atoms with Crippen molar-refractivity contribution in [1.29, 1.82) is 0 Å². The fraction of sp³-hybridized carbons (Fsp3) is 0.250. The van der Waals surface area contributed by atoms with Crippen LogP contribution in [0.5, 0.6) is 0 Å². The van der Waals surface area contributed by atoms with Crippen LogP contribution < -0.4 is 5.32 Å². The molecule has 0 unspecified atom stereocenters. The number of rotatable bonds is 7. The lowest BCUT2D eigenvalue weighted by Gasteiger charge is -2.12. The summed E-state index contributed by atoms with van der Waals surface area (Å²) in [5, 5.41) is 14.2. The number of nitro groups is 1. The SMILES string of the molecule is C=C(/C(Cl)=C\CC(C)(C)Br)c1nc2c(o1)CC#CC/C(NC(=O)c1cccc([N+](=O)[O-])c1)=C\2. The minimum Gasteiger partial charge on any atom is -0.439 e. The lowest BCUT2D eigenvalue weighted by Crippen LogP contribution is -2.23. The number of halogens is 2. The van der Waals surface area contributed by atoms with Gasteiger partial charge in [0.1, 0.15) is 11.5 Å². The van der Waals surface area contributed by atoms with Crippen molar-refractivity contribution in [3.63, 3.8) is 0 Å². The molecular formula is C24H21BrClN3O4. The van der Waals surface area contributed by atoms with E-state index in [-0.39, 0.29) is 27.9 Å². The van der Waals surface area contributed by atoms with Crippen LogP contribution >= 0.6 is 27.5 Å². The third-order valence-electron chi connectivity index (χ3n) is 4.60. The van der Waals surface area contributed by atoms with E-state index < -0.39 is 10.8 Å². The van der Waals surface area contributed by atoms with Crippen LogP contribution in [-0.2, 0) is 6.42 Å². The van der Waals surface area contributed by atoms with Crippen LogP contribution in [0.3, 0.4) is 0 Å². The zero-order valence-corrected chi connectivity index (χ0v) is 20.4. The van der Waals surface area contributed by atoms with Crippen LogP contribution in [0.1, 0.15) is 54.4 Å². The van der Waals surface area contributed by atoms with Crippen molar-refractivity contribution in [1.82, 2.24) is 10.3 Å². The molecule has 3 rings (SSSR count). The van der Waals surface area contributed by atoms with Crippen molar-refractivity contribution in [3.05, 3.63) is 80.7 Å². The van der Waals surface area contributed by atoms with E-state index >= 15 is 0 Å². The minimum atomic E-state index is -0.550. The predicted molar refractivity (Wildman–Crippen MR) is 132 cm³/mol. The maximum atomic E-state index is 12.6. The summed E-state index contributed by atoms with van der Waals surface area (Å²) >= 11 is 9.96. The molecule has 7 nitrogen and oxygen atoms in total. The van der Waals surface area contributed by atoms with E-state index in [2.05, 4.69) is 44.7 Å². The lowest BCUT2D eigenvalue weighted by atomic mass is 10.1. The maximum absolute atomic E-state index is 12.6. The van der Waals surface area contributed by atoms with Crippen molar-refractivity contribution in [3.8, 4) is 11.8 Å². The van der Waals surface area contributed by atoms with Gasteiger partial charge in [0.25, 0.3) is 11.6 Å². The van der Waals surface area contributed by atoms with Gasteiger partial charge in [0.15, 0.2) is 0 Å². The second kappa shape index (κ2) is 10.2. The van der Waals surface area contributed by atoms with E-state index in [0.717, 1.165) is 0 Å². The van der Waals surface area contributed by atoms with Crippen molar-refractivity contribution in [2.45, 2.75) is 37.4 Å². The first kappa shape index (κ1) is 24.5. The monoisotopic (exact) mass is 529 g/mol. The van der Waals surface area contributed by atoms with Crippen LogP contribution in [0.25, 0.3) is 11.6 Å². The normalized spacial score (nSPS) is 15.2. The van der Waals surface area contributed by atoms with Gasteiger partial charge in [-0.25, -0.2) is 4.98 Å². The van der Waals surface area contributed by atoms with Gasteiger partial charge >= 0.3 is 0 Å². The summed E-state index contributed by atoms with van der Waals surface area (Å²) in [4.78, 5) is 27.6. The van der Waals surface area contributed by atoms with Crippen molar-refractivity contribution in [2.75, 3.05) is 0 Å². The van der Waals surface area contributed by atoms with Crippen molar-refractivity contribution < 1.29 is 14.1 Å². The highest BCUT2D eigenvalue weighted by molar-refractivity contribution is 9.10. The number of carbonyl (C=O) groups excluding carboxylic acids is 1. The Morgan fingerprint density at radius 3 is 2.85 bits per heavy atom. The van der Waals surface area contributed by atoms with Crippen LogP contribution in [0, 0.1) is 22.0 Å². The maximum Gasteiger partial charge on any atom is 0.270 e. The largest absolute Gasteiger partial charge is 0.439 e. The number of carbonyl (C=O) groups is 1. The molecule has 0 fully saturated rings. The number of hydrogen-bond acceptors (Lipinski definition) is 5. The third kappa shape index (κ3) is 6.67. The van der Waals surface area contributed by atoms with Crippen LogP contribution in [-0.4, -0.2) is 20.1 Å². The molecule has 1 N–H and O–H groups in total. The van der Waals surface area contributed by atoms with E-state index in [1.807, 2.05) is 19.9 Å². The number of benzene rings is 1. The fourth-order valence-electron chi connectivity index (χ4n) is 2.87. The van der Waals surface area contributed by atoms with Gasteiger partial charge in [-0.1, -0.05) is 58.1 Å². The number of nitrogens with one attached hydrogen (secondary N) is 1. The molecular weight excluding hydrogens is 510 g/mol. The number of alkyl halides is 1. The molecule has 2 aromatic rings. The highest BCUT2D eigenvalue weighted by Crippen LogP contribution is 2.30. The Hall–Kier alpha value is -3.15. The molecule has 1 aromatic heterocycles. The molecule has 33 heavy (non-hydrogen) atoms. The zero-order chi connectivity index (χ0) is 24.2. The molecule has 170 valence electrons. The molecule has 1 heterocycles. The molecule has 1 aliphatic carbocycles. The van der Waals surface area contributed by atoms with Gasteiger partial charge in [0, 0.05) is 44.7 Å². The van der Waals surface area contributed by atoms with E-state index in [1.54, 1.807) is 6.08 Å². The number of nitro benzene ring substituents is 1. The summed E-state index contributed by atoms with van der Waals surface area (Å²) in [7, 11) is 0. The van der Waals surface area contributed by atoms with Crippen molar-refractivity contribution >= 4 is 50.8 Å². The molecule has 0 radical (unpaired) electrons. The predicted octanol–water partition coefficient (Wildman–Crippen LogP) is 6.00. The fourth-order valence-corrected chi connectivity index (χ4v) is 3.19. The van der Waals surface area contributed by atoms with Gasteiger partial charge < -0.3 is 9.73 Å². The number of oxazole rings is 1. The van der Waals surface area contributed by atoms with Gasteiger partial charge in [-0.15, -0.1) is 0 Å². The third-order valence-corrected chi connectivity index (χ3v) is 5.30. The number of aromatic nitrogens is 1. The summed E-state index contributed by atoms with van der Waals surface area (Å²) in [6, 6.07) is 5.51. The number of amides is 1. The van der Waals surface area contributed by atoms with Gasteiger partial charge in [0.05, 0.1) is 11.3 Å². The van der Waals surface area contributed by atoms with Crippen molar-refractivity contribution in [2.24, 2.45) is 0 Å². The first-order valence-electron chi connectivity index (χ1n) is 9.99. The number of nitrogens with zero attached hydrogens (tertiary/aromatic N) is 2. The Bertz CT molecular complexity index is 1240. The van der Waals surface area contributed by atoms with Crippen LogP contribution in [0.4, 0.5) is 5.69 Å². The Balaban J connectivity index is 1.84. The second-order valence-electron chi connectivity index (χ2n) is 7.92. The Kier molecular flexibility index (Phi) is 7.57. The van der Waals surface area contributed by atoms with Gasteiger partial charge in [-0.05, 0) is 32.4 Å². The first-order chi connectivity index (χ1) is 15.5. The summed E-state index contributed by atoms with van der Waals surface area (Å²) in [5.74, 6) is 6.28. The standard InChI is InChI=1S/C24H21BrClN3O4/c1-15(19(26)11-12-24(2,3)25)23-28-20-14-17(8-4-5-10-21(20)33-23)27-22(30)16-7-6-9-18(13-16)29(31)32/h6-7,9,11,13-14H,1,8,10,12H2,2-3H3,(H,27,30)/b17-14+,19-11+. The molecule has 0 spiro atoms. The van der Waals surface area contributed by atoms with E-state index in [1.165, 1.54) is 24.3 Å². The smallest absolute Gasteiger partial charge is 0.270 e. The van der Waals surface area contributed by atoms with E-state index in [4.69, 9.17) is 16.0 Å². The highest BCUT2D eigenvalue weighted by atomic mass is 79.9. The minimum absolute atomic E-state index is 0.107. The van der Waals surface area contributed by atoms with E-state index in [0.29, 0.717) is 40.6 Å². The Morgan fingerprint density at radius 2 is 2.15 bits per heavy atom. The summed E-state index contributed by atoms with van der Waals surface area (Å²) in [6.45, 7) is 8.05. The number of hydrogen-bond donors (Lipinski definition) is 1. The molecule has 1 aromatic carbocycles. The van der Waals surface area contributed by atoms with Crippen LogP contribution in [0.2, 0.25) is 0 Å². The zero-order valence-electron chi connectivity index (χ0n) is 18.1. The molecule has 9 heteroatoms. The molecule has 0 saturated carbocycles. The number of allylic oxidation sites excluding steroid dienone is 4. The second-order valence-corrected chi connectivity index (χ2v) is 10.5. The highest BCUT2D eigenvalue weighted by Gasteiger charge is 2.19. The quantitative estimate of drug-likeness (QED) is 0.156. The Morgan fingerprint density at radius 1 is 1.42 bits per heavy atom.